The van der Waals surface area contributed by atoms with Gasteiger partial charge in [0.25, 0.3) is 0 Å². The van der Waals surface area contributed by atoms with Crippen molar-refractivity contribution in [2.45, 2.75) is 39.2 Å². The van der Waals surface area contributed by atoms with Crippen LogP contribution in [0.3, 0.4) is 0 Å². The molecule has 2 atom stereocenters. The van der Waals surface area contributed by atoms with Crippen LogP contribution in [-0.4, -0.2) is 24.7 Å². The van der Waals surface area contributed by atoms with E-state index in [-0.39, 0.29) is 0 Å². The summed E-state index contributed by atoms with van der Waals surface area (Å²) in [6.07, 6.45) is 3.55. The Balaban J connectivity index is 2.01. The summed E-state index contributed by atoms with van der Waals surface area (Å²) in [5, 5.41) is 9.33. The van der Waals surface area contributed by atoms with E-state index >= 15 is 0 Å². The largest absolute Gasteiger partial charge is 0.508 e. The molecule has 1 aliphatic carbocycles. The highest BCUT2D eigenvalue weighted by molar-refractivity contribution is 5.48. The molecule has 1 fully saturated rings. The summed E-state index contributed by atoms with van der Waals surface area (Å²) in [7, 11) is 2.10. The standard InChI is InChI=1S/C16H26N2O/c1-16(2)9-8-15(17)12(10-16)11-18(3)13-4-6-14(19)7-5-13/h4-7,12,15,19H,8-11,17H2,1-3H3. The topological polar surface area (TPSA) is 49.5 Å². The van der Waals surface area contributed by atoms with Crippen LogP contribution in [-0.2, 0) is 0 Å². The van der Waals surface area contributed by atoms with Gasteiger partial charge in [-0.2, -0.15) is 0 Å². The Bertz CT molecular complexity index is 413. The molecule has 3 N–H and O–H groups in total. The maximum Gasteiger partial charge on any atom is 0.115 e. The van der Waals surface area contributed by atoms with Crippen LogP contribution in [0.1, 0.15) is 33.1 Å². The van der Waals surface area contributed by atoms with Gasteiger partial charge in [0.15, 0.2) is 0 Å². The van der Waals surface area contributed by atoms with Crippen molar-refractivity contribution < 1.29 is 5.11 Å². The van der Waals surface area contributed by atoms with Crippen LogP contribution in [0.4, 0.5) is 5.69 Å². The highest BCUT2D eigenvalue weighted by Gasteiger charge is 2.33. The van der Waals surface area contributed by atoms with Crippen LogP contribution in [0.25, 0.3) is 0 Å². The van der Waals surface area contributed by atoms with E-state index in [0.717, 1.165) is 18.7 Å². The van der Waals surface area contributed by atoms with Gasteiger partial charge in [0.2, 0.25) is 0 Å². The molecule has 106 valence electrons. The normalized spacial score (nSPS) is 26.1. The van der Waals surface area contributed by atoms with E-state index in [2.05, 4.69) is 25.8 Å². The maximum absolute atomic E-state index is 9.33. The van der Waals surface area contributed by atoms with Crippen LogP contribution in [0, 0.1) is 11.3 Å². The summed E-state index contributed by atoms with van der Waals surface area (Å²) >= 11 is 0. The number of phenolic OH excluding ortho intramolecular Hbond substituents is 1. The SMILES string of the molecule is CN(CC1CC(C)(C)CCC1N)c1ccc(O)cc1. The van der Waals surface area contributed by atoms with Gasteiger partial charge in [-0.3, -0.25) is 0 Å². The lowest BCUT2D eigenvalue weighted by atomic mass is 9.70. The van der Waals surface area contributed by atoms with Gasteiger partial charge in [-0.1, -0.05) is 13.8 Å². The number of nitrogens with two attached hydrogens (primary N) is 1. The predicted molar refractivity (Wildman–Crippen MR) is 80.5 cm³/mol. The monoisotopic (exact) mass is 262 g/mol. The minimum atomic E-state index is 0.313. The molecule has 0 radical (unpaired) electrons. The van der Waals surface area contributed by atoms with Crippen molar-refractivity contribution in [3.05, 3.63) is 24.3 Å². The summed E-state index contributed by atoms with van der Waals surface area (Å²) < 4.78 is 0. The van der Waals surface area contributed by atoms with Crippen molar-refractivity contribution in [3.63, 3.8) is 0 Å². The molecule has 0 heterocycles. The summed E-state index contributed by atoms with van der Waals surface area (Å²) in [4.78, 5) is 2.24. The fourth-order valence-corrected chi connectivity index (χ4v) is 3.12. The Hall–Kier alpha value is -1.22. The second-order valence-corrected chi connectivity index (χ2v) is 6.73. The number of nitrogens with zero attached hydrogens (tertiary/aromatic N) is 1. The molecule has 1 aliphatic rings. The number of hydrogen-bond donors (Lipinski definition) is 2. The molecule has 0 bridgehead atoms. The van der Waals surface area contributed by atoms with E-state index < -0.39 is 0 Å². The lowest BCUT2D eigenvalue weighted by molar-refractivity contribution is 0.161. The van der Waals surface area contributed by atoms with Crippen molar-refractivity contribution in [2.75, 3.05) is 18.5 Å². The van der Waals surface area contributed by atoms with Gasteiger partial charge in [-0.25, -0.2) is 0 Å². The van der Waals surface area contributed by atoms with E-state index in [4.69, 9.17) is 5.73 Å². The van der Waals surface area contributed by atoms with Crippen molar-refractivity contribution in [2.24, 2.45) is 17.1 Å². The van der Waals surface area contributed by atoms with Crippen LogP contribution in [0.5, 0.6) is 5.75 Å². The van der Waals surface area contributed by atoms with Crippen LogP contribution in [0.2, 0.25) is 0 Å². The van der Waals surface area contributed by atoms with E-state index in [1.54, 1.807) is 12.1 Å². The molecule has 3 nitrogen and oxygen atoms in total. The lowest BCUT2D eigenvalue weighted by Gasteiger charge is -2.41. The zero-order chi connectivity index (χ0) is 14.0. The first-order chi connectivity index (χ1) is 8.87. The van der Waals surface area contributed by atoms with Gasteiger partial charge in [0.05, 0.1) is 0 Å². The van der Waals surface area contributed by atoms with E-state index in [0.29, 0.717) is 23.1 Å². The molecule has 2 rings (SSSR count). The van der Waals surface area contributed by atoms with Crippen LogP contribution in [0.15, 0.2) is 24.3 Å². The average molecular weight is 262 g/mol. The third kappa shape index (κ3) is 3.63. The van der Waals surface area contributed by atoms with Gasteiger partial charge in [-0.05, 0) is 54.9 Å². The van der Waals surface area contributed by atoms with Crippen LogP contribution >= 0.6 is 0 Å². The number of rotatable bonds is 3. The number of anilines is 1. The number of hydrogen-bond acceptors (Lipinski definition) is 3. The minimum absolute atomic E-state index is 0.313. The van der Waals surface area contributed by atoms with Crippen LogP contribution < -0.4 is 10.6 Å². The Labute approximate surface area is 116 Å². The zero-order valence-electron chi connectivity index (χ0n) is 12.3. The second-order valence-electron chi connectivity index (χ2n) is 6.73. The summed E-state index contributed by atoms with van der Waals surface area (Å²) in [5.74, 6) is 0.857. The van der Waals surface area contributed by atoms with Gasteiger partial charge >= 0.3 is 0 Å². The molecule has 19 heavy (non-hydrogen) atoms. The Kier molecular flexibility index (Phi) is 4.04. The first-order valence-corrected chi connectivity index (χ1v) is 7.13. The van der Waals surface area contributed by atoms with E-state index in [1.807, 2.05) is 12.1 Å². The molecule has 1 saturated carbocycles. The number of aromatic hydroxyl groups is 1. The molecule has 0 amide bonds. The third-order valence-electron chi connectivity index (χ3n) is 4.37. The quantitative estimate of drug-likeness (QED) is 0.880. The maximum atomic E-state index is 9.33. The average Bonchev–Trinajstić information content (AvgIpc) is 2.34. The van der Waals surface area contributed by atoms with Crippen molar-refractivity contribution >= 4 is 5.69 Å². The van der Waals surface area contributed by atoms with Gasteiger partial charge in [0.1, 0.15) is 5.75 Å². The molecule has 1 aromatic rings. The molecule has 2 unspecified atom stereocenters. The lowest BCUT2D eigenvalue weighted by Crippen LogP contribution is -2.44. The summed E-state index contributed by atoms with van der Waals surface area (Å²) in [6.45, 7) is 5.66. The van der Waals surface area contributed by atoms with E-state index in [9.17, 15) is 5.11 Å². The highest BCUT2D eigenvalue weighted by atomic mass is 16.3. The highest BCUT2D eigenvalue weighted by Crippen LogP contribution is 2.38. The first-order valence-electron chi connectivity index (χ1n) is 7.13. The molecular formula is C16H26N2O. The van der Waals surface area contributed by atoms with E-state index in [1.165, 1.54) is 12.8 Å². The number of benzene rings is 1. The molecule has 0 saturated heterocycles. The third-order valence-corrected chi connectivity index (χ3v) is 4.37. The fourth-order valence-electron chi connectivity index (χ4n) is 3.12. The fraction of sp³-hybridized carbons (Fsp3) is 0.625. The molecule has 0 spiro atoms. The smallest absolute Gasteiger partial charge is 0.115 e. The Morgan fingerprint density at radius 1 is 1.32 bits per heavy atom. The van der Waals surface area contributed by atoms with Gasteiger partial charge in [0, 0.05) is 25.3 Å². The second kappa shape index (κ2) is 5.41. The number of phenols is 1. The zero-order valence-corrected chi connectivity index (χ0v) is 12.3. The predicted octanol–water partition coefficient (Wildman–Crippen LogP) is 2.98. The van der Waals surface area contributed by atoms with Crippen molar-refractivity contribution in [1.29, 1.82) is 0 Å². The molecule has 0 aromatic heterocycles. The molecule has 3 heteroatoms. The summed E-state index contributed by atoms with van der Waals surface area (Å²) in [6, 6.07) is 7.68. The Morgan fingerprint density at radius 2 is 1.95 bits per heavy atom. The molecule has 1 aromatic carbocycles. The minimum Gasteiger partial charge on any atom is -0.508 e. The Morgan fingerprint density at radius 3 is 2.58 bits per heavy atom. The van der Waals surface area contributed by atoms with Gasteiger partial charge in [-0.15, -0.1) is 0 Å². The summed E-state index contributed by atoms with van der Waals surface area (Å²) in [5.41, 5.74) is 7.83. The first kappa shape index (κ1) is 14.2. The molecular weight excluding hydrogens is 236 g/mol. The van der Waals surface area contributed by atoms with Crippen molar-refractivity contribution in [1.82, 2.24) is 0 Å². The molecule has 0 aliphatic heterocycles. The van der Waals surface area contributed by atoms with Crippen molar-refractivity contribution in [3.8, 4) is 5.75 Å². The van der Waals surface area contributed by atoms with Gasteiger partial charge < -0.3 is 15.7 Å².